The number of aromatic nitrogens is 2. The summed E-state index contributed by atoms with van der Waals surface area (Å²) in [6.07, 6.45) is 0.725. The van der Waals surface area contributed by atoms with Crippen LogP contribution < -0.4 is 5.32 Å². The second kappa shape index (κ2) is 7.48. The van der Waals surface area contributed by atoms with E-state index in [9.17, 15) is 4.79 Å². The average molecular weight is 343 g/mol. The van der Waals surface area contributed by atoms with Crippen molar-refractivity contribution < 1.29 is 18.4 Å². The van der Waals surface area contributed by atoms with Gasteiger partial charge in [0.2, 0.25) is 0 Å². The van der Waals surface area contributed by atoms with E-state index in [0.717, 1.165) is 28.5 Å². The SMILES string of the molecule is CCOCCCNC(=O)c1nnc(-c2oc3ccc(C)cc3c2C)o1. The molecule has 0 saturated carbocycles. The Morgan fingerprint density at radius 2 is 2.08 bits per heavy atom. The van der Waals surface area contributed by atoms with Crippen LogP contribution >= 0.6 is 0 Å². The van der Waals surface area contributed by atoms with E-state index in [1.165, 1.54) is 0 Å². The lowest BCUT2D eigenvalue weighted by atomic mass is 10.1. The Morgan fingerprint density at radius 3 is 2.88 bits per heavy atom. The van der Waals surface area contributed by atoms with Gasteiger partial charge in [-0.05, 0) is 39.3 Å². The zero-order valence-electron chi connectivity index (χ0n) is 14.6. The van der Waals surface area contributed by atoms with Crippen LogP contribution in [0.5, 0.6) is 0 Å². The van der Waals surface area contributed by atoms with Gasteiger partial charge >= 0.3 is 11.8 Å². The summed E-state index contributed by atoms with van der Waals surface area (Å²) in [5.41, 5.74) is 2.80. The van der Waals surface area contributed by atoms with E-state index in [0.29, 0.717) is 25.5 Å². The van der Waals surface area contributed by atoms with Crippen LogP contribution in [0.3, 0.4) is 0 Å². The van der Waals surface area contributed by atoms with Crippen LogP contribution in [0.1, 0.15) is 35.2 Å². The molecular formula is C18H21N3O4. The van der Waals surface area contributed by atoms with Crippen LogP contribution in [0.25, 0.3) is 22.6 Å². The van der Waals surface area contributed by atoms with E-state index in [1.807, 2.05) is 39.0 Å². The first-order valence-electron chi connectivity index (χ1n) is 8.29. The summed E-state index contributed by atoms with van der Waals surface area (Å²) in [6.45, 7) is 7.63. The molecule has 0 spiro atoms. The molecule has 1 aromatic carbocycles. The van der Waals surface area contributed by atoms with Crippen LogP contribution in [0.4, 0.5) is 0 Å². The molecule has 2 aromatic heterocycles. The molecule has 0 aliphatic heterocycles. The normalized spacial score (nSPS) is 11.2. The molecule has 7 heteroatoms. The Morgan fingerprint density at radius 1 is 1.24 bits per heavy atom. The molecule has 7 nitrogen and oxygen atoms in total. The van der Waals surface area contributed by atoms with Crippen LogP contribution in [0, 0.1) is 13.8 Å². The Kier molecular flexibility index (Phi) is 5.14. The number of hydrogen-bond donors (Lipinski definition) is 1. The largest absolute Gasteiger partial charge is 0.451 e. The minimum Gasteiger partial charge on any atom is -0.451 e. The zero-order valence-corrected chi connectivity index (χ0v) is 14.6. The number of carbonyl (C=O) groups is 1. The third kappa shape index (κ3) is 3.71. The molecule has 3 rings (SSSR count). The van der Waals surface area contributed by atoms with Gasteiger partial charge in [0.1, 0.15) is 5.58 Å². The van der Waals surface area contributed by atoms with Crippen molar-refractivity contribution in [3.8, 4) is 11.7 Å². The maximum absolute atomic E-state index is 12.0. The number of benzene rings is 1. The summed E-state index contributed by atoms with van der Waals surface area (Å²) in [6, 6.07) is 5.92. The van der Waals surface area contributed by atoms with E-state index in [-0.39, 0.29) is 11.8 Å². The number of furan rings is 1. The van der Waals surface area contributed by atoms with E-state index < -0.39 is 5.91 Å². The highest BCUT2D eigenvalue weighted by Crippen LogP contribution is 2.32. The number of rotatable bonds is 7. The fourth-order valence-electron chi connectivity index (χ4n) is 2.54. The molecule has 0 saturated heterocycles. The molecule has 1 N–H and O–H groups in total. The van der Waals surface area contributed by atoms with Gasteiger partial charge in [0.25, 0.3) is 5.89 Å². The standard InChI is InChI=1S/C18H21N3O4/c1-4-23-9-5-8-19-16(22)18-21-20-17(25-18)15-12(3)13-10-11(2)6-7-14(13)24-15/h6-7,10H,4-5,8-9H2,1-3H3,(H,19,22). The van der Waals surface area contributed by atoms with Gasteiger partial charge in [-0.25, -0.2) is 0 Å². The third-order valence-electron chi connectivity index (χ3n) is 3.86. The molecule has 0 atom stereocenters. The number of nitrogens with one attached hydrogen (secondary N) is 1. The molecule has 3 aromatic rings. The molecule has 25 heavy (non-hydrogen) atoms. The molecule has 1 amide bonds. The molecule has 0 fully saturated rings. The van der Waals surface area contributed by atoms with Crippen molar-refractivity contribution >= 4 is 16.9 Å². The predicted octanol–water partition coefficient (Wildman–Crippen LogP) is 3.26. The van der Waals surface area contributed by atoms with Gasteiger partial charge in [0, 0.05) is 30.7 Å². The summed E-state index contributed by atoms with van der Waals surface area (Å²) in [7, 11) is 0. The third-order valence-corrected chi connectivity index (χ3v) is 3.86. The minimum atomic E-state index is -0.403. The van der Waals surface area contributed by atoms with Gasteiger partial charge in [-0.15, -0.1) is 10.2 Å². The summed E-state index contributed by atoms with van der Waals surface area (Å²) >= 11 is 0. The first-order valence-corrected chi connectivity index (χ1v) is 8.29. The van der Waals surface area contributed by atoms with Gasteiger partial charge in [-0.1, -0.05) is 11.6 Å². The van der Waals surface area contributed by atoms with E-state index >= 15 is 0 Å². The molecule has 0 unspecified atom stereocenters. The second-order valence-corrected chi connectivity index (χ2v) is 5.77. The highest BCUT2D eigenvalue weighted by molar-refractivity contribution is 5.90. The molecule has 2 heterocycles. The number of ether oxygens (including phenoxy) is 1. The van der Waals surface area contributed by atoms with E-state index in [1.54, 1.807) is 0 Å². The maximum Gasteiger partial charge on any atom is 0.308 e. The summed E-state index contributed by atoms with van der Waals surface area (Å²) in [4.78, 5) is 12.0. The van der Waals surface area contributed by atoms with Crippen molar-refractivity contribution in [2.75, 3.05) is 19.8 Å². The maximum atomic E-state index is 12.0. The number of carbonyl (C=O) groups excluding carboxylic acids is 1. The molecular weight excluding hydrogens is 322 g/mol. The lowest BCUT2D eigenvalue weighted by Crippen LogP contribution is -2.25. The highest BCUT2D eigenvalue weighted by Gasteiger charge is 2.21. The van der Waals surface area contributed by atoms with Crippen molar-refractivity contribution in [2.24, 2.45) is 0 Å². The number of nitrogens with zero attached hydrogens (tertiary/aromatic N) is 2. The van der Waals surface area contributed by atoms with Gasteiger partial charge < -0.3 is 18.9 Å². The summed E-state index contributed by atoms with van der Waals surface area (Å²) in [5.74, 6) is 0.205. The fraction of sp³-hybridized carbons (Fsp3) is 0.389. The quantitative estimate of drug-likeness (QED) is 0.662. The Bertz CT molecular complexity index is 882. The predicted molar refractivity (Wildman–Crippen MR) is 92.4 cm³/mol. The summed E-state index contributed by atoms with van der Waals surface area (Å²) in [5, 5.41) is 11.5. The Labute approximate surface area is 145 Å². The smallest absolute Gasteiger partial charge is 0.308 e. The van der Waals surface area contributed by atoms with E-state index in [4.69, 9.17) is 13.6 Å². The molecule has 0 bridgehead atoms. The van der Waals surface area contributed by atoms with Crippen molar-refractivity contribution in [1.29, 1.82) is 0 Å². The first kappa shape index (κ1) is 17.2. The van der Waals surface area contributed by atoms with Gasteiger partial charge in [0.05, 0.1) is 0 Å². The monoisotopic (exact) mass is 343 g/mol. The van der Waals surface area contributed by atoms with Crippen LogP contribution in [0.15, 0.2) is 27.0 Å². The van der Waals surface area contributed by atoms with Crippen LogP contribution in [0.2, 0.25) is 0 Å². The molecule has 0 radical (unpaired) electrons. The lowest BCUT2D eigenvalue weighted by molar-refractivity contribution is 0.0910. The number of amides is 1. The van der Waals surface area contributed by atoms with Crippen molar-refractivity contribution in [3.05, 3.63) is 35.2 Å². The van der Waals surface area contributed by atoms with Crippen LogP contribution in [-0.4, -0.2) is 35.9 Å². The Hall–Kier alpha value is -2.67. The lowest BCUT2D eigenvalue weighted by Gasteiger charge is -2.02. The fourth-order valence-corrected chi connectivity index (χ4v) is 2.54. The van der Waals surface area contributed by atoms with Crippen LogP contribution in [-0.2, 0) is 4.74 Å². The first-order chi connectivity index (χ1) is 12.1. The summed E-state index contributed by atoms with van der Waals surface area (Å²) < 4.78 is 16.5. The van der Waals surface area contributed by atoms with Gasteiger partial charge in [-0.3, -0.25) is 4.79 Å². The topological polar surface area (TPSA) is 90.4 Å². The number of fused-ring (bicyclic) bond motifs is 1. The molecule has 132 valence electrons. The second-order valence-electron chi connectivity index (χ2n) is 5.77. The van der Waals surface area contributed by atoms with Crippen molar-refractivity contribution in [3.63, 3.8) is 0 Å². The van der Waals surface area contributed by atoms with E-state index in [2.05, 4.69) is 15.5 Å². The zero-order chi connectivity index (χ0) is 17.8. The van der Waals surface area contributed by atoms with Crippen molar-refractivity contribution in [2.45, 2.75) is 27.2 Å². The number of hydrogen-bond acceptors (Lipinski definition) is 6. The van der Waals surface area contributed by atoms with Crippen molar-refractivity contribution in [1.82, 2.24) is 15.5 Å². The average Bonchev–Trinajstić information content (AvgIpc) is 3.20. The minimum absolute atomic E-state index is 0.0811. The van der Waals surface area contributed by atoms with Gasteiger partial charge in [-0.2, -0.15) is 0 Å². The highest BCUT2D eigenvalue weighted by atomic mass is 16.5. The Balaban J connectivity index is 1.73. The molecule has 0 aliphatic rings. The number of aryl methyl sites for hydroxylation is 2. The van der Waals surface area contributed by atoms with Gasteiger partial charge in [0.15, 0.2) is 5.76 Å². The molecule has 0 aliphatic carbocycles.